The van der Waals surface area contributed by atoms with E-state index >= 15 is 0 Å². The van der Waals surface area contributed by atoms with Gasteiger partial charge in [0.2, 0.25) is 0 Å². The van der Waals surface area contributed by atoms with Crippen molar-refractivity contribution in [3.05, 3.63) is 70.4 Å². The van der Waals surface area contributed by atoms with Crippen molar-refractivity contribution in [3.8, 4) is 11.3 Å². The van der Waals surface area contributed by atoms with Crippen molar-refractivity contribution in [3.63, 3.8) is 0 Å². The molecule has 0 amide bonds. The highest BCUT2D eigenvalue weighted by molar-refractivity contribution is 7.08. The van der Waals surface area contributed by atoms with E-state index in [-0.39, 0.29) is 11.8 Å². The number of carbonyl (C=O) groups excluding carboxylic acids is 1. The summed E-state index contributed by atoms with van der Waals surface area (Å²) in [6.07, 6.45) is 4.30. The molecule has 37 heavy (non-hydrogen) atoms. The molecule has 2 aromatic carbocycles. The van der Waals surface area contributed by atoms with E-state index < -0.39 is 5.60 Å². The minimum atomic E-state index is -0.554. The highest BCUT2D eigenvalue weighted by Gasteiger charge is 2.30. The third kappa shape index (κ3) is 5.08. The van der Waals surface area contributed by atoms with E-state index in [0.29, 0.717) is 6.42 Å². The predicted molar refractivity (Wildman–Crippen MR) is 150 cm³/mol. The Bertz CT molecular complexity index is 1360. The first-order valence-corrected chi connectivity index (χ1v) is 14.2. The maximum absolute atomic E-state index is 13.6. The van der Waals surface area contributed by atoms with Gasteiger partial charge in [-0.15, -0.1) is 0 Å². The van der Waals surface area contributed by atoms with E-state index in [4.69, 9.17) is 0 Å². The van der Waals surface area contributed by atoms with E-state index in [1.807, 2.05) is 19.1 Å². The van der Waals surface area contributed by atoms with Crippen LogP contribution < -0.4 is 4.90 Å². The third-order valence-corrected chi connectivity index (χ3v) is 8.72. The van der Waals surface area contributed by atoms with Crippen LogP contribution in [0.5, 0.6) is 0 Å². The highest BCUT2D eigenvalue weighted by atomic mass is 32.1. The van der Waals surface area contributed by atoms with Gasteiger partial charge < -0.3 is 10.0 Å². The summed E-state index contributed by atoms with van der Waals surface area (Å²) in [6, 6.07) is 16.7. The molecule has 192 valence electrons. The second-order valence-corrected chi connectivity index (χ2v) is 11.6. The zero-order valence-corrected chi connectivity index (χ0v) is 22.1. The Hall–Kier alpha value is -3.00. The van der Waals surface area contributed by atoms with Gasteiger partial charge in [-0.3, -0.25) is 14.8 Å². The number of benzene rings is 2. The van der Waals surface area contributed by atoms with Crippen LogP contribution in [0.2, 0.25) is 0 Å². The molecule has 2 N–H and O–H groups in total. The lowest BCUT2D eigenvalue weighted by molar-refractivity contribution is -0.123. The second kappa shape index (κ2) is 10.0. The van der Waals surface area contributed by atoms with Crippen molar-refractivity contribution in [2.24, 2.45) is 0 Å². The number of thiophene rings is 1. The van der Waals surface area contributed by atoms with Crippen LogP contribution in [-0.4, -0.2) is 57.8 Å². The minimum absolute atomic E-state index is 0.153. The molecule has 0 aliphatic carbocycles. The van der Waals surface area contributed by atoms with E-state index in [0.717, 1.165) is 85.1 Å². The summed E-state index contributed by atoms with van der Waals surface area (Å²) in [5.74, 6) is 0.259. The average Bonchev–Trinajstić information content (AvgIpc) is 3.67. The van der Waals surface area contributed by atoms with Crippen molar-refractivity contribution in [1.29, 1.82) is 0 Å². The predicted octanol–water partition coefficient (Wildman–Crippen LogP) is 5.59. The van der Waals surface area contributed by atoms with Crippen LogP contribution in [0.3, 0.4) is 0 Å². The van der Waals surface area contributed by atoms with Gasteiger partial charge in [0.1, 0.15) is 0 Å². The average molecular weight is 515 g/mol. The van der Waals surface area contributed by atoms with Gasteiger partial charge in [-0.25, -0.2) is 0 Å². The number of nitrogens with zero attached hydrogens (tertiary/aromatic N) is 3. The summed E-state index contributed by atoms with van der Waals surface area (Å²) in [6.45, 7) is 5.62. The Morgan fingerprint density at radius 1 is 1.08 bits per heavy atom. The van der Waals surface area contributed by atoms with Gasteiger partial charge in [0.05, 0.1) is 22.9 Å². The molecule has 2 saturated heterocycles. The lowest BCUT2D eigenvalue weighted by Gasteiger charge is -2.37. The van der Waals surface area contributed by atoms with Crippen LogP contribution >= 0.6 is 11.3 Å². The number of carbonyl (C=O) groups is 1. The largest absolute Gasteiger partial charge is 0.390 e. The van der Waals surface area contributed by atoms with E-state index in [1.54, 1.807) is 11.3 Å². The Morgan fingerprint density at radius 3 is 2.54 bits per heavy atom. The maximum Gasteiger partial charge on any atom is 0.158 e. The molecule has 0 radical (unpaired) electrons. The molecule has 4 heterocycles. The number of aliphatic hydroxyl groups is 1. The molecule has 0 spiro atoms. The van der Waals surface area contributed by atoms with Crippen molar-refractivity contribution in [2.45, 2.75) is 50.7 Å². The number of rotatable bonds is 7. The molecule has 6 nitrogen and oxygen atoms in total. The molecule has 0 saturated carbocycles. The van der Waals surface area contributed by atoms with Gasteiger partial charge in [0.25, 0.3) is 0 Å². The summed E-state index contributed by atoms with van der Waals surface area (Å²) in [4.78, 5) is 18.3. The van der Waals surface area contributed by atoms with E-state index in [2.05, 4.69) is 67.2 Å². The van der Waals surface area contributed by atoms with Gasteiger partial charge in [0, 0.05) is 36.1 Å². The first-order valence-electron chi connectivity index (χ1n) is 13.3. The zero-order chi connectivity index (χ0) is 25.4. The van der Waals surface area contributed by atoms with Gasteiger partial charge >= 0.3 is 0 Å². The molecule has 4 aromatic rings. The number of hydrogen-bond donors (Lipinski definition) is 2. The quantitative estimate of drug-likeness (QED) is 0.336. The van der Waals surface area contributed by atoms with Crippen molar-refractivity contribution in [2.75, 3.05) is 31.1 Å². The van der Waals surface area contributed by atoms with Gasteiger partial charge in [0.15, 0.2) is 5.78 Å². The van der Waals surface area contributed by atoms with Crippen LogP contribution in [0.15, 0.2) is 59.3 Å². The molecule has 1 unspecified atom stereocenters. The number of piperidine rings is 1. The maximum atomic E-state index is 13.6. The molecule has 6 rings (SSSR count). The highest BCUT2D eigenvalue weighted by Crippen LogP contribution is 2.32. The van der Waals surface area contributed by atoms with Crippen molar-refractivity contribution >= 4 is 33.7 Å². The fourth-order valence-corrected chi connectivity index (χ4v) is 6.48. The topological polar surface area (TPSA) is 72.5 Å². The summed E-state index contributed by atoms with van der Waals surface area (Å²) < 4.78 is 0. The Balaban J connectivity index is 1.22. The molecular weight excluding hydrogens is 480 g/mol. The van der Waals surface area contributed by atoms with Crippen molar-refractivity contribution < 1.29 is 9.90 Å². The molecule has 0 bridgehead atoms. The monoisotopic (exact) mass is 514 g/mol. The number of H-pyrrole nitrogens is 1. The summed E-state index contributed by atoms with van der Waals surface area (Å²) in [5, 5.41) is 23.3. The first kappa shape index (κ1) is 24.3. The molecule has 7 heteroatoms. The lowest BCUT2D eigenvalue weighted by atomic mass is 9.93. The first-order chi connectivity index (χ1) is 18.0. The number of hydrogen-bond acceptors (Lipinski definition) is 6. The van der Waals surface area contributed by atoms with Crippen LogP contribution in [-0.2, 0) is 11.2 Å². The Kier molecular flexibility index (Phi) is 6.61. The van der Waals surface area contributed by atoms with Crippen LogP contribution in [0.25, 0.3) is 22.2 Å². The van der Waals surface area contributed by atoms with Crippen LogP contribution in [0.4, 0.5) is 5.69 Å². The summed E-state index contributed by atoms with van der Waals surface area (Å²) >= 11 is 1.66. The fraction of sp³-hybridized carbons (Fsp3) is 0.400. The standard InChI is InChI=1S/C30H34N4O2S/c1-30(36)11-15-33(16-12-30)24-7-5-22(6-8-24)28-25-18-21(4-9-26(25)31-32-28)19-27(35)29(23-10-17-37-20-23)34-13-2-3-14-34/h4-10,17-18,20,29,36H,2-3,11-16,19H2,1H3,(H,31,32). The molecule has 2 aliphatic heterocycles. The van der Waals surface area contributed by atoms with Crippen molar-refractivity contribution in [1.82, 2.24) is 15.1 Å². The molecular formula is C30H34N4O2S. The van der Waals surface area contributed by atoms with Gasteiger partial charge in [-0.1, -0.05) is 18.2 Å². The van der Waals surface area contributed by atoms with E-state index in [1.165, 1.54) is 5.69 Å². The van der Waals surface area contributed by atoms with Crippen LogP contribution in [0.1, 0.15) is 49.8 Å². The minimum Gasteiger partial charge on any atom is -0.390 e. The number of Topliss-reactive ketones (excluding diaryl/α,β-unsaturated/α-hetero) is 1. The lowest BCUT2D eigenvalue weighted by Crippen LogP contribution is -2.42. The van der Waals surface area contributed by atoms with Gasteiger partial charge in [-0.2, -0.15) is 16.4 Å². The summed E-state index contributed by atoms with van der Waals surface area (Å²) in [7, 11) is 0. The number of nitrogens with one attached hydrogen (secondary N) is 1. The zero-order valence-electron chi connectivity index (χ0n) is 21.3. The Labute approximate surface area is 221 Å². The third-order valence-electron chi connectivity index (χ3n) is 8.02. The number of aromatic nitrogens is 2. The molecule has 1 atom stereocenters. The van der Waals surface area contributed by atoms with E-state index in [9.17, 15) is 9.90 Å². The molecule has 2 aromatic heterocycles. The number of aromatic amines is 1. The van der Waals surface area contributed by atoms with Gasteiger partial charge in [-0.05, 0) is 97.9 Å². The summed E-state index contributed by atoms with van der Waals surface area (Å²) in [5.41, 5.74) is 5.70. The molecule has 2 aliphatic rings. The SMILES string of the molecule is CC1(O)CCN(c2ccc(-c3n[nH]c4ccc(CC(=O)C(c5ccsc5)N5CCCC5)cc34)cc2)CC1. The molecule has 2 fully saturated rings. The Morgan fingerprint density at radius 2 is 1.84 bits per heavy atom. The second-order valence-electron chi connectivity index (χ2n) is 10.8. The number of fused-ring (bicyclic) bond motifs is 1. The number of ketones is 1. The smallest absolute Gasteiger partial charge is 0.158 e. The normalized spacial score (nSPS) is 18.9. The number of likely N-dealkylation sites (tertiary alicyclic amines) is 1. The number of anilines is 1. The van der Waals surface area contributed by atoms with Crippen LogP contribution in [0, 0.1) is 0 Å². The fourth-order valence-electron chi connectivity index (χ4n) is 5.80.